The second-order valence-electron chi connectivity index (χ2n) is 7.17. The molecule has 0 saturated heterocycles. The third-order valence-electron chi connectivity index (χ3n) is 4.91. The van der Waals surface area contributed by atoms with E-state index in [0.29, 0.717) is 19.4 Å². The molecule has 0 bridgehead atoms. The smallest absolute Gasteiger partial charge is 0.161 e. The standard InChI is InChI=1S/C21H33F2N3O/c1-8-10-18(22)20(23)17(9-2)15-11-16(24-5)12-25-13-19(26(6)14-15)21(3,4)27-7/h9-10,12-13,15-16,24H,2,8,11,14H2,1,3-7H3/b18-10+,19-13-,20-17-,25-12?. The lowest BCUT2D eigenvalue weighted by Crippen LogP contribution is -2.39. The summed E-state index contributed by atoms with van der Waals surface area (Å²) in [6, 6.07) is -0.0781. The molecule has 4 nitrogen and oxygen atoms in total. The third-order valence-corrected chi connectivity index (χ3v) is 4.91. The molecule has 1 aliphatic heterocycles. The van der Waals surface area contributed by atoms with E-state index < -0.39 is 17.3 Å². The van der Waals surface area contributed by atoms with Gasteiger partial charge in [0.2, 0.25) is 0 Å². The maximum Gasteiger partial charge on any atom is 0.161 e. The number of hydrogen-bond donors (Lipinski definition) is 1. The second-order valence-corrected chi connectivity index (χ2v) is 7.17. The number of nitrogens with zero attached hydrogens (tertiary/aromatic N) is 2. The molecule has 0 aliphatic carbocycles. The van der Waals surface area contributed by atoms with Crippen molar-refractivity contribution >= 4 is 6.21 Å². The number of rotatable bonds is 7. The topological polar surface area (TPSA) is 36.9 Å². The fourth-order valence-corrected chi connectivity index (χ4v) is 3.17. The van der Waals surface area contributed by atoms with Crippen molar-refractivity contribution in [2.75, 3.05) is 27.7 Å². The molecular formula is C21H33F2N3O. The van der Waals surface area contributed by atoms with Crippen molar-refractivity contribution in [3.05, 3.63) is 47.9 Å². The molecule has 0 spiro atoms. The fraction of sp³-hybridized carbons (Fsp3) is 0.571. The van der Waals surface area contributed by atoms with E-state index in [1.807, 2.05) is 32.8 Å². The molecule has 1 aliphatic rings. The lowest BCUT2D eigenvalue weighted by atomic mass is 9.89. The van der Waals surface area contributed by atoms with Gasteiger partial charge in [-0.3, -0.25) is 4.99 Å². The molecule has 27 heavy (non-hydrogen) atoms. The number of allylic oxidation sites excluding steroid dienone is 4. The molecule has 1 heterocycles. The summed E-state index contributed by atoms with van der Waals surface area (Å²) in [6.45, 7) is 9.88. The molecule has 0 aromatic carbocycles. The van der Waals surface area contributed by atoms with Crippen LogP contribution in [0.25, 0.3) is 0 Å². The first-order chi connectivity index (χ1) is 12.7. The van der Waals surface area contributed by atoms with Gasteiger partial charge < -0.3 is 15.0 Å². The molecule has 0 amide bonds. The number of nitrogens with one attached hydrogen (secondary N) is 1. The van der Waals surface area contributed by atoms with Crippen LogP contribution in [0.4, 0.5) is 8.78 Å². The van der Waals surface area contributed by atoms with Crippen LogP contribution in [0.2, 0.25) is 0 Å². The molecule has 0 aromatic heterocycles. The molecule has 1 rings (SSSR count). The predicted octanol–water partition coefficient (Wildman–Crippen LogP) is 4.54. The van der Waals surface area contributed by atoms with Crippen molar-refractivity contribution in [1.82, 2.24) is 10.2 Å². The largest absolute Gasteiger partial charge is 0.374 e. The van der Waals surface area contributed by atoms with Gasteiger partial charge in [-0.25, -0.2) is 8.78 Å². The van der Waals surface area contributed by atoms with Gasteiger partial charge in [0.25, 0.3) is 0 Å². The van der Waals surface area contributed by atoms with E-state index in [2.05, 4.69) is 16.9 Å². The Morgan fingerprint density at radius 1 is 1.48 bits per heavy atom. The Morgan fingerprint density at radius 2 is 2.15 bits per heavy atom. The third kappa shape index (κ3) is 6.11. The minimum Gasteiger partial charge on any atom is -0.374 e. The Labute approximate surface area is 162 Å². The molecule has 6 heteroatoms. The second kappa shape index (κ2) is 10.5. The van der Waals surface area contributed by atoms with Gasteiger partial charge in [0.15, 0.2) is 11.7 Å². The SMILES string of the molecule is C=C/C(=C(F)\C(F)=C/CC)C1CC(NC)C=N/C=C(/C(C)(C)OC)N(C)C1. The Balaban J connectivity index is 3.40. The maximum absolute atomic E-state index is 14.8. The molecule has 2 unspecified atom stereocenters. The average molecular weight is 382 g/mol. The molecule has 2 atom stereocenters. The number of methoxy groups -OCH3 is 1. The number of hydrogen-bond acceptors (Lipinski definition) is 4. The van der Waals surface area contributed by atoms with E-state index in [9.17, 15) is 8.78 Å². The van der Waals surface area contributed by atoms with E-state index in [1.54, 1.807) is 26.4 Å². The molecule has 0 saturated carbocycles. The van der Waals surface area contributed by atoms with Crippen molar-refractivity contribution < 1.29 is 13.5 Å². The highest BCUT2D eigenvalue weighted by Crippen LogP contribution is 2.31. The van der Waals surface area contributed by atoms with Crippen LogP contribution in [0.3, 0.4) is 0 Å². The van der Waals surface area contributed by atoms with Gasteiger partial charge >= 0.3 is 0 Å². The highest BCUT2D eigenvalue weighted by atomic mass is 19.2. The van der Waals surface area contributed by atoms with Gasteiger partial charge in [-0.1, -0.05) is 19.6 Å². The van der Waals surface area contributed by atoms with Crippen molar-refractivity contribution in [2.45, 2.75) is 45.3 Å². The fourth-order valence-electron chi connectivity index (χ4n) is 3.17. The van der Waals surface area contributed by atoms with Crippen molar-refractivity contribution in [1.29, 1.82) is 0 Å². The minimum atomic E-state index is -0.840. The van der Waals surface area contributed by atoms with E-state index >= 15 is 0 Å². The van der Waals surface area contributed by atoms with Crippen LogP contribution in [0.5, 0.6) is 0 Å². The zero-order valence-electron chi connectivity index (χ0n) is 17.4. The molecule has 152 valence electrons. The molecule has 0 radical (unpaired) electrons. The maximum atomic E-state index is 14.8. The highest BCUT2D eigenvalue weighted by molar-refractivity contribution is 5.65. The average Bonchev–Trinajstić information content (AvgIpc) is 2.71. The summed E-state index contributed by atoms with van der Waals surface area (Å²) in [7, 11) is 5.37. The van der Waals surface area contributed by atoms with Crippen LogP contribution >= 0.6 is 0 Å². The van der Waals surface area contributed by atoms with Crippen LogP contribution in [0, 0.1) is 5.92 Å². The van der Waals surface area contributed by atoms with Crippen LogP contribution in [0.1, 0.15) is 33.6 Å². The number of likely N-dealkylation sites (N-methyl/N-ethyl adjacent to an activating group) is 1. The lowest BCUT2D eigenvalue weighted by Gasteiger charge is -2.36. The quantitative estimate of drug-likeness (QED) is 0.658. The van der Waals surface area contributed by atoms with Gasteiger partial charge in [0.1, 0.15) is 5.60 Å². The van der Waals surface area contributed by atoms with Gasteiger partial charge in [-0.15, -0.1) is 0 Å². The molecular weight excluding hydrogens is 348 g/mol. The number of ether oxygens (including phenoxy) is 1. The van der Waals surface area contributed by atoms with Crippen LogP contribution < -0.4 is 5.32 Å². The summed E-state index contributed by atoms with van der Waals surface area (Å²) < 4.78 is 34.5. The number of halogens is 2. The Morgan fingerprint density at radius 3 is 2.67 bits per heavy atom. The van der Waals surface area contributed by atoms with E-state index in [4.69, 9.17) is 4.74 Å². The first-order valence-corrected chi connectivity index (χ1v) is 9.27. The summed E-state index contributed by atoms with van der Waals surface area (Å²) >= 11 is 0. The summed E-state index contributed by atoms with van der Waals surface area (Å²) in [6.07, 6.45) is 7.20. The first-order valence-electron chi connectivity index (χ1n) is 9.27. The zero-order chi connectivity index (χ0) is 20.6. The van der Waals surface area contributed by atoms with Crippen LogP contribution in [-0.4, -0.2) is 50.5 Å². The minimum absolute atomic E-state index is 0.0781. The molecule has 1 N–H and O–H groups in total. The van der Waals surface area contributed by atoms with Crippen molar-refractivity contribution in [3.63, 3.8) is 0 Å². The zero-order valence-corrected chi connectivity index (χ0v) is 17.4. The predicted molar refractivity (Wildman–Crippen MR) is 109 cm³/mol. The lowest BCUT2D eigenvalue weighted by molar-refractivity contribution is 0.0310. The number of aliphatic imine (C=N–C) groups is 1. The summed E-state index contributed by atoms with van der Waals surface area (Å²) in [5.41, 5.74) is 0.561. The van der Waals surface area contributed by atoms with Gasteiger partial charge in [0.05, 0.1) is 5.70 Å². The Hall–Kier alpha value is -1.79. The van der Waals surface area contributed by atoms with Gasteiger partial charge in [-0.2, -0.15) is 0 Å². The van der Waals surface area contributed by atoms with Crippen LogP contribution in [-0.2, 0) is 4.74 Å². The van der Waals surface area contributed by atoms with Crippen LogP contribution in [0.15, 0.2) is 52.8 Å². The van der Waals surface area contributed by atoms with Crippen molar-refractivity contribution in [3.8, 4) is 0 Å². The summed E-state index contributed by atoms with van der Waals surface area (Å²) in [4.78, 5) is 6.41. The van der Waals surface area contributed by atoms with E-state index in [0.717, 1.165) is 5.70 Å². The summed E-state index contributed by atoms with van der Waals surface area (Å²) in [5, 5.41) is 3.17. The first kappa shape index (κ1) is 23.2. The van der Waals surface area contributed by atoms with E-state index in [1.165, 1.54) is 12.2 Å². The normalized spacial score (nSPS) is 25.1. The Kier molecular flexibility index (Phi) is 9.06. The van der Waals surface area contributed by atoms with Gasteiger partial charge in [0, 0.05) is 45.1 Å². The molecule has 0 fully saturated rings. The Bertz CT molecular complexity index is 635. The molecule has 0 aromatic rings. The monoisotopic (exact) mass is 381 g/mol. The van der Waals surface area contributed by atoms with E-state index in [-0.39, 0.29) is 17.5 Å². The summed E-state index contributed by atoms with van der Waals surface area (Å²) in [5.74, 6) is -1.95. The van der Waals surface area contributed by atoms with Crippen molar-refractivity contribution in [2.24, 2.45) is 10.9 Å². The van der Waals surface area contributed by atoms with Gasteiger partial charge in [-0.05, 0) is 45.4 Å². The highest BCUT2D eigenvalue weighted by Gasteiger charge is 2.30.